The number of H-pyrrole nitrogens is 1. The Morgan fingerprint density at radius 1 is 1.12 bits per heavy atom. The van der Waals surface area contributed by atoms with E-state index in [0.717, 1.165) is 11.1 Å². The van der Waals surface area contributed by atoms with Crippen molar-refractivity contribution in [2.45, 2.75) is 25.9 Å². The number of nitrogens with two attached hydrogens (primary N) is 1. The van der Waals surface area contributed by atoms with Gasteiger partial charge in [-0.25, -0.2) is 14.9 Å². The normalized spacial score (nSPS) is 16.4. The van der Waals surface area contributed by atoms with Crippen LogP contribution in [0.5, 0.6) is 0 Å². The Bertz CT molecular complexity index is 1030. The standard InChI is InChI=1S/C19H19N5O/c1-11(2)12-7-9-13(10-8-12)16-21-18(20)23-19-22-17(25)14-5-3-4-6-15(14)24(16)19/h3-11,16H,1-2H3,(H3,20,21,22,23,25)/p+1/t16-/m0/s1. The number of rotatable bonds is 2. The average molecular weight is 334 g/mol. The Labute approximate surface area is 145 Å². The molecule has 0 saturated carbocycles. The molecular weight excluding hydrogens is 314 g/mol. The van der Waals surface area contributed by atoms with Crippen LogP contribution >= 0.6 is 0 Å². The number of aliphatic imine (C=N–C) groups is 1. The van der Waals surface area contributed by atoms with Gasteiger partial charge in [-0.1, -0.05) is 50.2 Å². The summed E-state index contributed by atoms with van der Waals surface area (Å²) in [5, 5.41) is 3.58. The first kappa shape index (κ1) is 15.4. The molecule has 126 valence electrons. The maximum Gasteiger partial charge on any atom is 0.367 e. The molecule has 1 aromatic heterocycles. The van der Waals surface area contributed by atoms with Gasteiger partial charge in [0.25, 0.3) is 5.96 Å². The van der Waals surface area contributed by atoms with Crippen LogP contribution in [-0.4, -0.2) is 10.9 Å². The van der Waals surface area contributed by atoms with Crippen molar-refractivity contribution in [3.05, 3.63) is 70.0 Å². The summed E-state index contributed by atoms with van der Waals surface area (Å²) in [5.41, 5.74) is 8.89. The second-order valence-electron chi connectivity index (χ2n) is 6.52. The van der Waals surface area contributed by atoms with Crippen molar-refractivity contribution in [1.29, 1.82) is 0 Å². The summed E-state index contributed by atoms with van der Waals surface area (Å²) in [5.74, 6) is 1.28. The van der Waals surface area contributed by atoms with Crippen LogP contribution in [-0.2, 0) is 0 Å². The summed E-state index contributed by atoms with van der Waals surface area (Å²) in [7, 11) is 0. The van der Waals surface area contributed by atoms with E-state index in [1.54, 1.807) is 0 Å². The minimum Gasteiger partial charge on any atom is -0.357 e. The van der Waals surface area contributed by atoms with Crippen molar-refractivity contribution in [1.82, 2.24) is 4.98 Å². The number of nitrogens with zero attached hydrogens (tertiary/aromatic N) is 2. The first-order valence-electron chi connectivity index (χ1n) is 8.31. The second kappa shape index (κ2) is 5.73. The lowest BCUT2D eigenvalue weighted by Gasteiger charge is -2.21. The molecule has 6 heteroatoms. The van der Waals surface area contributed by atoms with Crippen molar-refractivity contribution < 1.29 is 4.57 Å². The molecule has 4 N–H and O–H groups in total. The van der Waals surface area contributed by atoms with Crippen LogP contribution in [0.3, 0.4) is 0 Å². The highest BCUT2D eigenvalue weighted by atomic mass is 16.1. The van der Waals surface area contributed by atoms with Gasteiger partial charge in [-0.2, -0.15) is 4.99 Å². The van der Waals surface area contributed by atoms with E-state index in [9.17, 15) is 4.79 Å². The van der Waals surface area contributed by atoms with Gasteiger partial charge in [0.2, 0.25) is 6.17 Å². The van der Waals surface area contributed by atoms with Gasteiger partial charge in [0.1, 0.15) is 5.52 Å². The minimum atomic E-state index is -0.334. The molecule has 0 bridgehead atoms. The maximum absolute atomic E-state index is 12.3. The van der Waals surface area contributed by atoms with Crippen molar-refractivity contribution in [3.63, 3.8) is 0 Å². The lowest BCUT2D eigenvalue weighted by Crippen LogP contribution is -2.51. The zero-order chi connectivity index (χ0) is 17.6. The summed E-state index contributed by atoms with van der Waals surface area (Å²) >= 11 is 0. The quantitative estimate of drug-likeness (QED) is 0.628. The molecule has 0 spiro atoms. The highest BCUT2D eigenvalue weighted by molar-refractivity contribution is 5.91. The fraction of sp³-hybridized carbons (Fsp3) is 0.211. The van der Waals surface area contributed by atoms with Gasteiger partial charge in [-0.3, -0.25) is 4.79 Å². The largest absolute Gasteiger partial charge is 0.367 e. The smallest absolute Gasteiger partial charge is 0.357 e. The van der Waals surface area contributed by atoms with Gasteiger partial charge in [-0.15, -0.1) is 0 Å². The van der Waals surface area contributed by atoms with Crippen LogP contribution in [0.2, 0.25) is 0 Å². The summed E-state index contributed by atoms with van der Waals surface area (Å²) in [6.45, 7) is 4.33. The predicted molar refractivity (Wildman–Crippen MR) is 98.7 cm³/mol. The third-order valence-corrected chi connectivity index (χ3v) is 4.53. The Balaban J connectivity index is 1.94. The molecule has 0 fully saturated rings. The molecule has 0 aliphatic carbocycles. The third kappa shape index (κ3) is 2.55. The van der Waals surface area contributed by atoms with Gasteiger partial charge in [0.05, 0.1) is 5.39 Å². The van der Waals surface area contributed by atoms with E-state index in [1.807, 2.05) is 28.8 Å². The molecule has 0 saturated heterocycles. The number of hydrogen-bond acceptors (Lipinski definition) is 4. The van der Waals surface area contributed by atoms with E-state index >= 15 is 0 Å². The van der Waals surface area contributed by atoms with Gasteiger partial charge in [0.15, 0.2) is 0 Å². The lowest BCUT2D eigenvalue weighted by atomic mass is 10.0. The van der Waals surface area contributed by atoms with Gasteiger partial charge in [-0.05, 0) is 23.6 Å². The van der Waals surface area contributed by atoms with Gasteiger partial charge in [0, 0.05) is 5.56 Å². The number of aromatic amines is 1. The fourth-order valence-corrected chi connectivity index (χ4v) is 3.20. The van der Waals surface area contributed by atoms with Crippen LogP contribution in [0, 0.1) is 0 Å². The fourth-order valence-electron chi connectivity index (χ4n) is 3.20. The van der Waals surface area contributed by atoms with Crippen LogP contribution in [0.1, 0.15) is 37.1 Å². The van der Waals surface area contributed by atoms with Gasteiger partial charge < -0.3 is 5.73 Å². The van der Waals surface area contributed by atoms with E-state index in [2.05, 4.69) is 53.4 Å². The zero-order valence-electron chi connectivity index (χ0n) is 14.2. The Morgan fingerprint density at radius 3 is 2.56 bits per heavy atom. The third-order valence-electron chi connectivity index (χ3n) is 4.53. The number of guanidine groups is 1. The molecule has 0 unspecified atom stereocenters. The van der Waals surface area contributed by atoms with E-state index < -0.39 is 0 Å². The van der Waals surface area contributed by atoms with Crippen LogP contribution < -0.4 is 21.2 Å². The summed E-state index contributed by atoms with van der Waals surface area (Å²) in [4.78, 5) is 19.8. The molecule has 6 nitrogen and oxygen atoms in total. The second-order valence-corrected chi connectivity index (χ2v) is 6.52. The Kier molecular flexibility index (Phi) is 3.53. The zero-order valence-corrected chi connectivity index (χ0v) is 14.2. The Morgan fingerprint density at radius 2 is 1.84 bits per heavy atom. The molecule has 1 atom stereocenters. The highest BCUT2D eigenvalue weighted by Gasteiger charge is 2.30. The number of aromatic nitrogens is 2. The van der Waals surface area contributed by atoms with Gasteiger partial charge >= 0.3 is 11.5 Å². The molecule has 1 aliphatic heterocycles. The average Bonchev–Trinajstić information content (AvgIpc) is 2.61. The number of benzene rings is 2. The molecule has 25 heavy (non-hydrogen) atoms. The molecule has 2 aromatic carbocycles. The molecule has 0 amide bonds. The number of para-hydroxylation sites is 1. The number of fused-ring (bicyclic) bond motifs is 3. The van der Waals surface area contributed by atoms with Crippen LogP contribution in [0.15, 0.2) is 58.3 Å². The van der Waals surface area contributed by atoms with E-state index in [1.165, 1.54) is 5.56 Å². The van der Waals surface area contributed by atoms with Crippen LogP contribution in [0.4, 0.5) is 5.95 Å². The molecule has 2 heterocycles. The predicted octanol–water partition coefficient (Wildman–Crippen LogP) is 2.23. The van der Waals surface area contributed by atoms with Crippen LogP contribution in [0.25, 0.3) is 10.9 Å². The topological polar surface area (TPSA) is 87.1 Å². The minimum absolute atomic E-state index is 0.155. The van der Waals surface area contributed by atoms with Crippen molar-refractivity contribution in [2.24, 2.45) is 10.7 Å². The van der Waals surface area contributed by atoms with Crippen molar-refractivity contribution in [3.8, 4) is 0 Å². The lowest BCUT2D eigenvalue weighted by molar-refractivity contribution is -0.677. The number of nitrogens with one attached hydrogen (secondary N) is 2. The Hall–Kier alpha value is -3.15. The first-order valence-corrected chi connectivity index (χ1v) is 8.31. The van der Waals surface area contributed by atoms with Crippen molar-refractivity contribution in [2.75, 3.05) is 5.32 Å². The number of anilines is 1. The van der Waals surface area contributed by atoms with E-state index in [4.69, 9.17) is 5.73 Å². The summed E-state index contributed by atoms with van der Waals surface area (Å²) in [6, 6.07) is 15.9. The monoisotopic (exact) mass is 334 g/mol. The molecule has 3 aromatic rings. The highest BCUT2D eigenvalue weighted by Crippen LogP contribution is 2.23. The molecular formula is C19H20N5O+. The van der Waals surface area contributed by atoms with E-state index in [0.29, 0.717) is 17.3 Å². The number of hydrogen-bond donors (Lipinski definition) is 3. The summed E-state index contributed by atoms with van der Waals surface area (Å²) < 4.78 is 1.97. The summed E-state index contributed by atoms with van der Waals surface area (Å²) in [6.07, 6.45) is -0.334. The first-order chi connectivity index (χ1) is 12.0. The maximum atomic E-state index is 12.3. The van der Waals surface area contributed by atoms with Crippen molar-refractivity contribution >= 4 is 22.8 Å². The molecule has 0 radical (unpaired) electrons. The SMILES string of the molecule is CC(C)c1ccc([C@H]2N=C(N)Nc3[nH]c(=O)c4ccccc4[n+]32)cc1. The van der Waals surface area contributed by atoms with E-state index in [-0.39, 0.29) is 17.7 Å². The molecule has 4 rings (SSSR count). The molecule has 1 aliphatic rings.